The number of fused-ring (bicyclic) bond motifs is 1. The van der Waals surface area contributed by atoms with Crippen LogP contribution in [-0.2, 0) is 16.6 Å². The number of hydrogen-bond donors (Lipinski definition) is 2. The largest absolute Gasteiger partial charge is 0.347 e. The maximum absolute atomic E-state index is 12.6. The van der Waals surface area contributed by atoms with Gasteiger partial charge in [0.1, 0.15) is 4.21 Å². The normalized spacial score (nSPS) is 15.1. The Balaban J connectivity index is 1.51. The number of benzene rings is 1. The van der Waals surface area contributed by atoms with E-state index in [2.05, 4.69) is 10.3 Å². The third kappa shape index (κ3) is 3.60. The summed E-state index contributed by atoms with van der Waals surface area (Å²) in [5.74, 6) is -0.375. The van der Waals surface area contributed by atoms with Crippen LogP contribution < -0.4 is 10.9 Å². The van der Waals surface area contributed by atoms with Gasteiger partial charge < -0.3 is 10.3 Å². The van der Waals surface area contributed by atoms with Crippen molar-refractivity contribution in [3.05, 3.63) is 63.3 Å². The molecule has 0 aliphatic carbocycles. The summed E-state index contributed by atoms with van der Waals surface area (Å²) < 4.78 is 27.0. The van der Waals surface area contributed by atoms with Gasteiger partial charge in [0, 0.05) is 34.9 Å². The number of nitrogens with zero attached hydrogens (tertiary/aromatic N) is 1. The van der Waals surface area contributed by atoms with Gasteiger partial charge in [-0.3, -0.25) is 9.59 Å². The van der Waals surface area contributed by atoms with Gasteiger partial charge in [0.05, 0.1) is 12.1 Å². The molecule has 1 saturated heterocycles. The number of para-hydroxylation sites is 1. The number of aromatic amines is 1. The molecular formula is C19H19N3O4S2. The lowest BCUT2D eigenvalue weighted by Gasteiger charge is -2.13. The molecule has 0 spiro atoms. The fourth-order valence-corrected chi connectivity index (χ4v) is 6.27. The van der Waals surface area contributed by atoms with Crippen LogP contribution in [0, 0.1) is 0 Å². The Morgan fingerprint density at radius 3 is 2.68 bits per heavy atom. The number of hydrogen-bond acceptors (Lipinski definition) is 5. The van der Waals surface area contributed by atoms with Crippen molar-refractivity contribution in [2.45, 2.75) is 23.6 Å². The molecule has 0 unspecified atom stereocenters. The van der Waals surface area contributed by atoms with Crippen LogP contribution in [0.4, 0.5) is 0 Å². The Labute approximate surface area is 166 Å². The predicted molar refractivity (Wildman–Crippen MR) is 108 cm³/mol. The fraction of sp³-hybridized carbons (Fsp3) is 0.263. The molecule has 0 saturated carbocycles. The minimum atomic E-state index is -3.45. The van der Waals surface area contributed by atoms with Gasteiger partial charge in [-0.25, -0.2) is 8.42 Å². The smallest absolute Gasteiger partial charge is 0.252 e. The molecule has 1 fully saturated rings. The molecule has 3 aromatic rings. The summed E-state index contributed by atoms with van der Waals surface area (Å²) in [6.45, 7) is 1.31. The molecule has 9 heteroatoms. The molecule has 4 rings (SSSR count). The van der Waals surface area contributed by atoms with Gasteiger partial charge in [-0.15, -0.1) is 11.3 Å². The minimum absolute atomic E-state index is 0.195. The topological polar surface area (TPSA) is 99.3 Å². The zero-order valence-electron chi connectivity index (χ0n) is 15.0. The Morgan fingerprint density at radius 1 is 1.14 bits per heavy atom. The molecule has 7 nitrogen and oxygen atoms in total. The first-order valence-corrected chi connectivity index (χ1v) is 11.2. The zero-order valence-corrected chi connectivity index (χ0v) is 16.6. The van der Waals surface area contributed by atoms with Crippen LogP contribution in [0.25, 0.3) is 10.9 Å². The average molecular weight is 418 g/mol. The number of H-pyrrole nitrogens is 1. The fourth-order valence-electron chi connectivity index (χ4n) is 3.30. The summed E-state index contributed by atoms with van der Waals surface area (Å²) in [4.78, 5) is 27.9. The molecule has 0 bridgehead atoms. The van der Waals surface area contributed by atoms with E-state index in [4.69, 9.17) is 0 Å². The third-order valence-corrected chi connectivity index (χ3v) is 8.17. The average Bonchev–Trinajstić information content (AvgIpc) is 3.37. The highest BCUT2D eigenvalue weighted by atomic mass is 32.2. The highest BCUT2D eigenvalue weighted by Gasteiger charge is 2.28. The molecule has 146 valence electrons. The molecule has 2 N–H and O–H groups in total. The predicted octanol–water partition coefficient (Wildman–Crippen LogP) is 2.30. The van der Waals surface area contributed by atoms with E-state index in [1.165, 1.54) is 10.4 Å². The van der Waals surface area contributed by atoms with Crippen LogP contribution in [-0.4, -0.2) is 36.7 Å². The van der Waals surface area contributed by atoms with Gasteiger partial charge in [-0.05, 0) is 31.0 Å². The van der Waals surface area contributed by atoms with Crippen LogP contribution in [0.2, 0.25) is 0 Å². The standard InChI is InChI=1S/C19H19N3O4S2/c23-17-11-15(14-5-1-2-6-16(14)21-17)19(24)20-12-13-7-8-18(27-13)28(25,26)22-9-3-4-10-22/h1-2,5-8,11H,3-4,9-10,12H2,(H,20,24)(H,21,23). The minimum Gasteiger partial charge on any atom is -0.347 e. The van der Waals surface area contributed by atoms with E-state index < -0.39 is 10.0 Å². The van der Waals surface area contributed by atoms with Crippen molar-refractivity contribution in [1.82, 2.24) is 14.6 Å². The number of aromatic nitrogens is 1. The van der Waals surface area contributed by atoms with E-state index in [0.29, 0.717) is 33.8 Å². The zero-order chi connectivity index (χ0) is 19.7. The summed E-state index contributed by atoms with van der Waals surface area (Å²) in [6, 6.07) is 11.7. The van der Waals surface area contributed by atoms with Gasteiger partial charge >= 0.3 is 0 Å². The highest BCUT2D eigenvalue weighted by Crippen LogP contribution is 2.27. The summed E-state index contributed by atoms with van der Waals surface area (Å²) >= 11 is 1.16. The summed E-state index contributed by atoms with van der Waals surface area (Å²) in [7, 11) is -3.45. The van der Waals surface area contributed by atoms with Gasteiger partial charge in [-0.1, -0.05) is 18.2 Å². The first-order chi connectivity index (χ1) is 13.4. The molecule has 0 atom stereocenters. The first-order valence-electron chi connectivity index (χ1n) is 8.94. The van der Waals surface area contributed by atoms with Crippen LogP contribution >= 0.6 is 11.3 Å². The Hall–Kier alpha value is -2.49. The lowest BCUT2D eigenvalue weighted by atomic mass is 10.1. The number of thiophene rings is 1. The molecule has 1 aliphatic rings. The second-order valence-corrected chi connectivity index (χ2v) is 9.94. The number of sulfonamides is 1. The van der Waals surface area contributed by atoms with Crippen molar-refractivity contribution < 1.29 is 13.2 Å². The Kier molecular flexibility index (Phi) is 5.05. The van der Waals surface area contributed by atoms with E-state index >= 15 is 0 Å². The van der Waals surface area contributed by atoms with E-state index in [-0.39, 0.29) is 18.0 Å². The lowest BCUT2D eigenvalue weighted by molar-refractivity contribution is 0.0953. The second-order valence-electron chi connectivity index (χ2n) is 6.61. The number of carbonyl (C=O) groups excluding carboxylic acids is 1. The van der Waals surface area contributed by atoms with Crippen LogP contribution in [0.3, 0.4) is 0 Å². The van der Waals surface area contributed by atoms with E-state index in [1.807, 2.05) is 0 Å². The van der Waals surface area contributed by atoms with E-state index in [9.17, 15) is 18.0 Å². The molecule has 1 amide bonds. The van der Waals surface area contributed by atoms with Crippen molar-refractivity contribution in [3.63, 3.8) is 0 Å². The molecule has 1 aliphatic heterocycles. The number of rotatable bonds is 5. The highest BCUT2D eigenvalue weighted by molar-refractivity contribution is 7.91. The van der Waals surface area contributed by atoms with Crippen molar-refractivity contribution in [1.29, 1.82) is 0 Å². The van der Waals surface area contributed by atoms with Crippen molar-refractivity contribution in [3.8, 4) is 0 Å². The summed E-state index contributed by atoms with van der Waals surface area (Å²) in [6.07, 6.45) is 1.77. The van der Waals surface area contributed by atoms with E-state index in [0.717, 1.165) is 29.1 Å². The lowest BCUT2D eigenvalue weighted by Crippen LogP contribution is -2.27. The molecule has 28 heavy (non-hydrogen) atoms. The van der Waals surface area contributed by atoms with Crippen molar-refractivity contribution in [2.75, 3.05) is 13.1 Å². The first kappa shape index (κ1) is 18.9. The van der Waals surface area contributed by atoms with Gasteiger partial charge in [-0.2, -0.15) is 4.31 Å². The number of pyridine rings is 1. The molecule has 3 heterocycles. The van der Waals surface area contributed by atoms with Gasteiger partial charge in [0.25, 0.3) is 15.9 Å². The van der Waals surface area contributed by atoms with Crippen molar-refractivity contribution >= 4 is 38.2 Å². The second kappa shape index (κ2) is 7.50. The number of nitrogens with one attached hydrogen (secondary N) is 2. The van der Waals surface area contributed by atoms with Gasteiger partial charge in [0.15, 0.2) is 0 Å². The van der Waals surface area contributed by atoms with Crippen LogP contribution in [0.5, 0.6) is 0 Å². The molecule has 1 aromatic carbocycles. The molecule has 0 radical (unpaired) electrons. The maximum atomic E-state index is 12.6. The molecule has 2 aromatic heterocycles. The van der Waals surface area contributed by atoms with Crippen LogP contribution in [0.1, 0.15) is 28.1 Å². The monoisotopic (exact) mass is 417 g/mol. The van der Waals surface area contributed by atoms with E-state index in [1.54, 1.807) is 36.4 Å². The maximum Gasteiger partial charge on any atom is 0.252 e. The summed E-state index contributed by atoms with van der Waals surface area (Å²) in [5.41, 5.74) is 0.537. The SMILES string of the molecule is O=C(NCc1ccc(S(=O)(=O)N2CCCC2)s1)c1cc(=O)[nH]c2ccccc12. The van der Waals surface area contributed by atoms with Crippen molar-refractivity contribution in [2.24, 2.45) is 0 Å². The Morgan fingerprint density at radius 2 is 1.89 bits per heavy atom. The van der Waals surface area contributed by atoms with Gasteiger partial charge in [0.2, 0.25) is 5.56 Å². The number of carbonyl (C=O) groups is 1. The molecular weight excluding hydrogens is 398 g/mol. The Bertz CT molecular complexity index is 1190. The number of amides is 1. The summed E-state index contributed by atoms with van der Waals surface area (Å²) in [5, 5.41) is 3.43. The van der Waals surface area contributed by atoms with Crippen LogP contribution in [0.15, 0.2) is 51.5 Å². The third-order valence-electron chi connectivity index (χ3n) is 4.71. The quantitative estimate of drug-likeness (QED) is 0.665.